The molecule has 5 heteroatoms. The van der Waals surface area contributed by atoms with E-state index in [2.05, 4.69) is 0 Å². The van der Waals surface area contributed by atoms with Gasteiger partial charge < -0.3 is 10.8 Å². The van der Waals surface area contributed by atoms with Crippen LogP contribution in [0.2, 0.25) is 10.0 Å². The summed E-state index contributed by atoms with van der Waals surface area (Å²) in [6.45, 7) is 0. The largest absolute Gasteiger partial charge is 0.391 e. The van der Waals surface area contributed by atoms with Crippen LogP contribution in [0.5, 0.6) is 0 Å². The lowest BCUT2D eigenvalue weighted by Crippen LogP contribution is -2.32. The Balaban J connectivity index is 0.00000162. The summed E-state index contributed by atoms with van der Waals surface area (Å²) in [6, 6.07) is 4.79. The zero-order chi connectivity index (χ0) is 12.4. The lowest BCUT2D eigenvalue weighted by molar-refractivity contribution is 0.0845. The SMILES string of the molecule is Cl.N[C@@H](c1c(Cl)cccc1Cl)[C@H](O)C1CCCC1. The van der Waals surface area contributed by atoms with Crippen molar-refractivity contribution < 1.29 is 5.11 Å². The lowest BCUT2D eigenvalue weighted by Gasteiger charge is -2.25. The molecule has 18 heavy (non-hydrogen) atoms. The van der Waals surface area contributed by atoms with Crippen LogP contribution < -0.4 is 5.73 Å². The molecule has 1 fully saturated rings. The molecule has 1 aromatic carbocycles. The molecule has 1 saturated carbocycles. The van der Waals surface area contributed by atoms with Crippen LogP contribution in [0.4, 0.5) is 0 Å². The third-order valence-corrected chi connectivity index (χ3v) is 4.24. The summed E-state index contributed by atoms with van der Waals surface area (Å²) >= 11 is 12.2. The molecular weight excluding hydrogens is 293 g/mol. The van der Waals surface area contributed by atoms with Crippen molar-refractivity contribution in [2.45, 2.75) is 37.8 Å². The van der Waals surface area contributed by atoms with E-state index in [1.807, 2.05) is 0 Å². The van der Waals surface area contributed by atoms with Crippen molar-refractivity contribution in [3.05, 3.63) is 33.8 Å². The quantitative estimate of drug-likeness (QED) is 0.887. The highest BCUT2D eigenvalue weighted by Gasteiger charge is 2.30. The first-order valence-corrected chi connectivity index (χ1v) is 6.74. The van der Waals surface area contributed by atoms with Gasteiger partial charge in [-0.15, -0.1) is 12.4 Å². The molecule has 0 aliphatic heterocycles. The Hall–Kier alpha value is 0.01000. The molecule has 3 N–H and O–H groups in total. The fourth-order valence-corrected chi connectivity index (χ4v) is 3.24. The average molecular weight is 311 g/mol. The van der Waals surface area contributed by atoms with E-state index in [0.717, 1.165) is 12.8 Å². The van der Waals surface area contributed by atoms with E-state index >= 15 is 0 Å². The van der Waals surface area contributed by atoms with Crippen molar-refractivity contribution in [1.29, 1.82) is 0 Å². The Kier molecular flexibility index (Phi) is 6.22. The fourth-order valence-electron chi connectivity index (χ4n) is 2.59. The molecule has 1 aliphatic rings. The summed E-state index contributed by atoms with van der Waals surface area (Å²) in [7, 11) is 0. The summed E-state index contributed by atoms with van der Waals surface area (Å²) in [4.78, 5) is 0. The summed E-state index contributed by atoms with van der Waals surface area (Å²) in [5.74, 6) is 0.275. The van der Waals surface area contributed by atoms with Gasteiger partial charge in [0, 0.05) is 15.6 Å². The first kappa shape index (κ1) is 16.1. The molecule has 0 saturated heterocycles. The maximum absolute atomic E-state index is 10.3. The third-order valence-electron chi connectivity index (χ3n) is 3.58. The van der Waals surface area contributed by atoms with Gasteiger partial charge >= 0.3 is 0 Å². The molecule has 2 atom stereocenters. The lowest BCUT2D eigenvalue weighted by atomic mass is 9.91. The summed E-state index contributed by atoms with van der Waals surface area (Å²) in [5.41, 5.74) is 6.76. The molecule has 1 aliphatic carbocycles. The zero-order valence-corrected chi connectivity index (χ0v) is 12.3. The first-order chi connectivity index (χ1) is 8.11. The number of nitrogens with two attached hydrogens (primary N) is 1. The zero-order valence-electron chi connectivity index (χ0n) is 9.98. The highest BCUT2D eigenvalue weighted by Crippen LogP contribution is 2.36. The Morgan fingerprint density at radius 2 is 1.67 bits per heavy atom. The molecule has 0 unspecified atom stereocenters. The van der Waals surface area contributed by atoms with Crippen LogP contribution in [0.3, 0.4) is 0 Å². The second-order valence-electron chi connectivity index (χ2n) is 4.70. The van der Waals surface area contributed by atoms with Crippen molar-refractivity contribution in [3.8, 4) is 0 Å². The number of aliphatic hydroxyl groups excluding tert-OH is 1. The van der Waals surface area contributed by atoms with Crippen LogP contribution in [-0.2, 0) is 0 Å². The smallest absolute Gasteiger partial charge is 0.0761 e. The van der Waals surface area contributed by atoms with E-state index < -0.39 is 12.1 Å². The summed E-state index contributed by atoms with van der Waals surface area (Å²) < 4.78 is 0. The molecule has 0 heterocycles. The second-order valence-corrected chi connectivity index (χ2v) is 5.51. The molecule has 0 aromatic heterocycles. The van der Waals surface area contributed by atoms with E-state index in [1.165, 1.54) is 12.8 Å². The topological polar surface area (TPSA) is 46.2 Å². The molecule has 102 valence electrons. The van der Waals surface area contributed by atoms with E-state index in [1.54, 1.807) is 18.2 Å². The van der Waals surface area contributed by atoms with Gasteiger partial charge in [-0.05, 0) is 30.9 Å². The van der Waals surface area contributed by atoms with Crippen molar-refractivity contribution in [1.82, 2.24) is 0 Å². The van der Waals surface area contributed by atoms with E-state index in [4.69, 9.17) is 28.9 Å². The summed E-state index contributed by atoms with van der Waals surface area (Å²) in [5, 5.41) is 11.3. The van der Waals surface area contributed by atoms with Crippen LogP contribution in [0.15, 0.2) is 18.2 Å². The second kappa shape index (κ2) is 6.97. The number of hydrogen-bond donors (Lipinski definition) is 2. The molecular formula is C13H18Cl3NO. The number of aliphatic hydroxyl groups is 1. The molecule has 0 spiro atoms. The predicted molar refractivity (Wildman–Crippen MR) is 78.6 cm³/mol. The highest BCUT2D eigenvalue weighted by molar-refractivity contribution is 6.36. The van der Waals surface area contributed by atoms with Crippen molar-refractivity contribution in [2.75, 3.05) is 0 Å². The average Bonchev–Trinajstić information content (AvgIpc) is 2.81. The Labute approximate surface area is 124 Å². The minimum absolute atomic E-state index is 0. The van der Waals surface area contributed by atoms with Crippen molar-refractivity contribution >= 4 is 35.6 Å². The molecule has 0 bridgehead atoms. The van der Waals surface area contributed by atoms with Gasteiger partial charge in [0.25, 0.3) is 0 Å². The Morgan fingerprint density at radius 3 is 2.17 bits per heavy atom. The third kappa shape index (κ3) is 3.31. The van der Waals surface area contributed by atoms with Crippen molar-refractivity contribution in [3.63, 3.8) is 0 Å². The van der Waals surface area contributed by atoms with Gasteiger partial charge in [-0.1, -0.05) is 42.1 Å². The Bertz CT molecular complexity index is 374. The van der Waals surface area contributed by atoms with Gasteiger partial charge in [0.15, 0.2) is 0 Å². The number of benzene rings is 1. The minimum Gasteiger partial charge on any atom is -0.391 e. The minimum atomic E-state index is -0.560. The van der Waals surface area contributed by atoms with Crippen LogP contribution in [0, 0.1) is 5.92 Å². The number of hydrogen-bond acceptors (Lipinski definition) is 2. The van der Waals surface area contributed by atoms with Gasteiger partial charge in [-0.3, -0.25) is 0 Å². The van der Waals surface area contributed by atoms with E-state index in [0.29, 0.717) is 15.6 Å². The van der Waals surface area contributed by atoms with E-state index in [-0.39, 0.29) is 18.3 Å². The van der Waals surface area contributed by atoms with Gasteiger partial charge in [0.05, 0.1) is 12.1 Å². The highest BCUT2D eigenvalue weighted by atomic mass is 35.5. The monoisotopic (exact) mass is 309 g/mol. The Morgan fingerprint density at radius 1 is 1.17 bits per heavy atom. The van der Waals surface area contributed by atoms with E-state index in [9.17, 15) is 5.11 Å². The normalized spacial score (nSPS) is 19.3. The van der Waals surface area contributed by atoms with Gasteiger partial charge in [-0.25, -0.2) is 0 Å². The molecule has 2 rings (SSSR count). The van der Waals surface area contributed by atoms with Gasteiger partial charge in [0.2, 0.25) is 0 Å². The fraction of sp³-hybridized carbons (Fsp3) is 0.538. The molecule has 0 amide bonds. The van der Waals surface area contributed by atoms with Crippen LogP contribution in [-0.4, -0.2) is 11.2 Å². The number of rotatable bonds is 3. The molecule has 0 radical (unpaired) electrons. The standard InChI is InChI=1S/C13H17Cl2NO.ClH/c14-9-6-3-7-10(15)11(9)12(16)13(17)8-4-1-2-5-8;/h3,6-8,12-13,17H,1-2,4-5,16H2;1H/t12-,13+;/m0./s1. The van der Waals surface area contributed by atoms with Crippen LogP contribution >= 0.6 is 35.6 Å². The summed E-state index contributed by atoms with van der Waals surface area (Å²) in [6.07, 6.45) is 3.86. The number of halogens is 3. The van der Waals surface area contributed by atoms with Crippen LogP contribution in [0.25, 0.3) is 0 Å². The van der Waals surface area contributed by atoms with Gasteiger partial charge in [-0.2, -0.15) is 0 Å². The van der Waals surface area contributed by atoms with Crippen LogP contribution in [0.1, 0.15) is 37.3 Å². The maximum atomic E-state index is 10.3. The molecule has 1 aromatic rings. The van der Waals surface area contributed by atoms with Crippen molar-refractivity contribution in [2.24, 2.45) is 11.7 Å². The van der Waals surface area contributed by atoms with Gasteiger partial charge in [0.1, 0.15) is 0 Å². The molecule has 2 nitrogen and oxygen atoms in total. The predicted octanol–water partition coefficient (Wildman–Crippen LogP) is 3.97. The first-order valence-electron chi connectivity index (χ1n) is 5.99. The maximum Gasteiger partial charge on any atom is 0.0761 e.